The molecule has 0 spiro atoms. The van der Waals surface area contributed by atoms with Crippen LogP contribution in [0.5, 0.6) is 0 Å². The van der Waals surface area contributed by atoms with Crippen LogP contribution in [-0.4, -0.2) is 22.4 Å². The number of fused-ring (bicyclic) bond motifs is 1. The summed E-state index contributed by atoms with van der Waals surface area (Å²) >= 11 is 0. The van der Waals surface area contributed by atoms with Crippen LogP contribution in [0.2, 0.25) is 0 Å². The number of nitro groups is 1. The van der Waals surface area contributed by atoms with Gasteiger partial charge >= 0.3 is 0 Å². The average Bonchev–Trinajstić information content (AvgIpc) is 2.67. The molecule has 0 bridgehead atoms. The van der Waals surface area contributed by atoms with Crippen LogP contribution < -0.4 is 10.6 Å². The lowest BCUT2D eigenvalue weighted by Gasteiger charge is -2.10. The lowest BCUT2D eigenvalue weighted by molar-refractivity contribution is -0.383. The molecule has 0 aliphatic carbocycles. The molecule has 0 unspecified atom stereocenters. The molecule has 0 saturated carbocycles. The summed E-state index contributed by atoms with van der Waals surface area (Å²) in [4.78, 5) is 26.6. The first-order chi connectivity index (χ1) is 12.6. The first kappa shape index (κ1) is 17.3. The van der Waals surface area contributed by atoms with Gasteiger partial charge in [0.05, 0.1) is 10.3 Å². The van der Waals surface area contributed by atoms with Crippen LogP contribution in [0.15, 0.2) is 60.9 Å². The Morgan fingerprint density at radius 1 is 1.08 bits per heavy atom. The monoisotopic (exact) mass is 350 g/mol. The molecular formula is C19H18N4O3. The van der Waals surface area contributed by atoms with E-state index < -0.39 is 4.92 Å². The van der Waals surface area contributed by atoms with Gasteiger partial charge in [0, 0.05) is 49.0 Å². The smallest absolute Gasteiger partial charge is 0.278 e. The van der Waals surface area contributed by atoms with E-state index in [1.54, 1.807) is 18.3 Å². The number of nitrogens with zero attached hydrogens (tertiary/aromatic N) is 2. The second kappa shape index (κ2) is 8.06. The number of nitro benzene ring substituents is 1. The van der Waals surface area contributed by atoms with Crippen LogP contribution in [0.1, 0.15) is 12.0 Å². The van der Waals surface area contributed by atoms with E-state index in [0.717, 1.165) is 11.3 Å². The average molecular weight is 350 g/mol. The number of anilines is 1. The number of carbonyl (C=O) groups is 1. The van der Waals surface area contributed by atoms with E-state index in [2.05, 4.69) is 15.6 Å². The van der Waals surface area contributed by atoms with Gasteiger partial charge in [0.25, 0.3) is 5.69 Å². The zero-order valence-corrected chi connectivity index (χ0v) is 14.0. The van der Waals surface area contributed by atoms with Crippen LogP contribution in [-0.2, 0) is 11.3 Å². The molecule has 7 heteroatoms. The van der Waals surface area contributed by atoms with E-state index in [1.807, 2.05) is 30.3 Å². The van der Waals surface area contributed by atoms with Crippen molar-refractivity contribution in [2.24, 2.45) is 0 Å². The third-order valence-corrected chi connectivity index (χ3v) is 3.99. The maximum atomic E-state index is 12.0. The number of carbonyl (C=O) groups excluding carboxylic acids is 1. The van der Waals surface area contributed by atoms with Crippen LogP contribution in [0.25, 0.3) is 10.8 Å². The topological polar surface area (TPSA) is 97.2 Å². The highest BCUT2D eigenvalue weighted by Gasteiger charge is 2.14. The van der Waals surface area contributed by atoms with Crippen molar-refractivity contribution < 1.29 is 9.72 Å². The minimum atomic E-state index is -0.426. The largest absolute Gasteiger partial charge is 0.384 e. The minimum absolute atomic E-state index is 0.0132. The van der Waals surface area contributed by atoms with E-state index in [1.165, 1.54) is 12.3 Å². The van der Waals surface area contributed by atoms with Gasteiger partial charge in [0.1, 0.15) is 0 Å². The van der Waals surface area contributed by atoms with Crippen molar-refractivity contribution in [3.8, 4) is 0 Å². The molecule has 0 radical (unpaired) electrons. The summed E-state index contributed by atoms with van der Waals surface area (Å²) in [5.74, 6) is -0.0609. The summed E-state index contributed by atoms with van der Waals surface area (Å²) in [6.45, 7) is 0.918. The van der Waals surface area contributed by atoms with Gasteiger partial charge in [-0.05, 0) is 17.7 Å². The van der Waals surface area contributed by atoms with E-state index in [-0.39, 0.29) is 11.6 Å². The van der Waals surface area contributed by atoms with Crippen molar-refractivity contribution in [2.45, 2.75) is 13.0 Å². The summed E-state index contributed by atoms with van der Waals surface area (Å²) in [7, 11) is 0. The van der Waals surface area contributed by atoms with Gasteiger partial charge in [-0.3, -0.25) is 19.9 Å². The van der Waals surface area contributed by atoms with Crippen molar-refractivity contribution in [1.82, 2.24) is 10.3 Å². The molecule has 26 heavy (non-hydrogen) atoms. The first-order valence-corrected chi connectivity index (χ1v) is 8.21. The number of hydrogen-bond acceptors (Lipinski definition) is 5. The van der Waals surface area contributed by atoms with Gasteiger partial charge in [-0.2, -0.15) is 0 Å². The number of rotatable bonds is 7. The summed E-state index contributed by atoms with van der Waals surface area (Å²) in [5.41, 5.74) is 1.80. The Labute approximate surface area is 150 Å². The zero-order valence-electron chi connectivity index (χ0n) is 14.0. The molecule has 3 aromatic rings. The summed E-state index contributed by atoms with van der Waals surface area (Å²) in [6.07, 6.45) is 3.37. The van der Waals surface area contributed by atoms with Gasteiger partial charge < -0.3 is 10.6 Å². The number of benzene rings is 2. The molecule has 0 fully saturated rings. The molecule has 0 aliphatic rings. The molecule has 1 aromatic heterocycles. The van der Waals surface area contributed by atoms with E-state index >= 15 is 0 Å². The Morgan fingerprint density at radius 3 is 2.65 bits per heavy atom. The molecule has 1 amide bonds. The van der Waals surface area contributed by atoms with E-state index in [9.17, 15) is 14.9 Å². The van der Waals surface area contributed by atoms with Gasteiger partial charge in [0.15, 0.2) is 0 Å². The summed E-state index contributed by atoms with van der Waals surface area (Å²) < 4.78 is 0. The molecular weight excluding hydrogens is 332 g/mol. The second-order valence-electron chi connectivity index (χ2n) is 5.75. The molecule has 2 N–H and O–H groups in total. The predicted molar refractivity (Wildman–Crippen MR) is 99.8 cm³/mol. The van der Waals surface area contributed by atoms with Gasteiger partial charge in [-0.25, -0.2) is 0 Å². The molecule has 0 saturated heterocycles. The first-order valence-electron chi connectivity index (χ1n) is 8.21. The summed E-state index contributed by atoms with van der Waals surface area (Å²) in [6, 6.07) is 14.5. The quantitative estimate of drug-likeness (QED) is 0.503. The minimum Gasteiger partial charge on any atom is -0.384 e. The summed E-state index contributed by atoms with van der Waals surface area (Å²) in [5, 5.41) is 18.3. The molecule has 132 valence electrons. The van der Waals surface area contributed by atoms with Crippen molar-refractivity contribution in [3.63, 3.8) is 0 Å². The van der Waals surface area contributed by atoms with Gasteiger partial charge in [-0.15, -0.1) is 0 Å². The Balaban J connectivity index is 1.59. The van der Waals surface area contributed by atoms with Gasteiger partial charge in [-0.1, -0.05) is 30.3 Å². The molecule has 1 heterocycles. The lowest BCUT2D eigenvalue weighted by atomic mass is 10.1. The third-order valence-electron chi connectivity index (χ3n) is 3.99. The van der Waals surface area contributed by atoms with E-state index in [0.29, 0.717) is 30.3 Å². The number of non-ortho nitro benzene ring substituents is 1. The van der Waals surface area contributed by atoms with Crippen molar-refractivity contribution in [1.29, 1.82) is 0 Å². The Kier molecular flexibility index (Phi) is 5.38. The fourth-order valence-corrected chi connectivity index (χ4v) is 2.68. The number of aromatic nitrogens is 1. The zero-order chi connectivity index (χ0) is 18.4. The Morgan fingerprint density at radius 2 is 1.88 bits per heavy atom. The SMILES string of the molecule is O=C(CCNc1ccc([N+](=O)[O-])c2cnccc12)NCc1ccccc1. The molecule has 2 aromatic carbocycles. The highest BCUT2D eigenvalue weighted by Crippen LogP contribution is 2.30. The molecule has 0 atom stereocenters. The maximum Gasteiger partial charge on any atom is 0.278 e. The number of amides is 1. The fraction of sp³-hybridized carbons (Fsp3) is 0.158. The number of hydrogen-bond donors (Lipinski definition) is 2. The Hall–Kier alpha value is -3.48. The molecule has 7 nitrogen and oxygen atoms in total. The Bertz CT molecular complexity index is 928. The van der Waals surface area contributed by atoms with Crippen molar-refractivity contribution >= 4 is 28.1 Å². The van der Waals surface area contributed by atoms with Crippen molar-refractivity contribution in [3.05, 3.63) is 76.6 Å². The van der Waals surface area contributed by atoms with Crippen LogP contribution in [0, 0.1) is 10.1 Å². The normalized spacial score (nSPS) is 10.5. The van der Waals surface area contributed by atoms with Crippen LogP contribution >= 0.6 is 0 Å². The van der Waals surface area contributed by atoms with Crippen LogP contribution in [0.3, 0.4) is 0 Å². The van der Waals surface area contributed by atoms with Crippen LogP contribution in [0.4, 0.5) is 11.4 Å². The molecule has 3 rings (SSSR count). The standard InChI is InChI=1S/C19H18N4O3/c24-19(22-12-14-4-2-1-3-5-14)9-11-21-17-6-7-18(23(25)26)16-13-20-10-8-15(16)17/h1-8,10,13,21H,9,11-12H2,(H,22,24). The predicted octanol–water partition coefficient (Wildman–Crippen LogP) is 3.26. The number of nitrogens with one attached hydrogen (secondary N) is 2. The number of pyridine rings is 1. The molecule has 0 aliphatic heterocycles. The third kappa shape index (κ3) is 4.13. The second-order valence-corrected chi connectivity index (χ2v) is 5.75. The fourth-order valence-electron chi connectivity index (χ4n) is 2.68. The van der Waals surface area contributed by atoms with E-state index in [4.69, 9.17) is 0 Å². The van der Waals surface area contributed by atoms with Gasteiger partial charge in [0.2, 0.25) is 5.91 Å². The maximum absolute atomic E-state index is 12.0. The lowest BCUT2D eigenvalue weighted by Crippen LogP contribution is -2.24. The van der Waals surface area contributed by atoms with Crippen molar-refractivity contribution in [2.75, 3.05) is 11.9 Å². The highest BCUT2D eigenvalue weighted by molar-refractivity contribution is 5.99. The highest BCUT2D eigenvalue weighted by atomic mass is 16.6.